The van der Waals surface area contributed by atoms with E-state index in [9.17, 15) is 18.0 Å². The Hall–Kier alpha value is -2.17. The van der Waals surface area contributed by atoms with Crippen molar-refractivity contribution in [2.24, 2.45) is 0 Å². The fourth-order valence-corrected chi connectivity index (χ4v) is 1.63. The van der Waals surface area contributed by atoms with Crippen LogP contribution in [0.5, 0.6) is 0 Å². The van der Waals surface area contributed by atoms with E-state index in [-0.39, 0.29) is 17.9 Å². The molecule has 0 unspecified atom stereocenters. The third kappa shape index (κ3) is 3.40. The summed E-state index contributed by atoms with van der Waals surface area (Å²) in [5.41, 5.74) is -0.406. The Kier molecular flexibility index (Phi) is 3.64. The van der Waals surface area contributed by atoms with E-state index in [0.29, 0.717) is 5.56 Å². The van der Waals surface area contributed by atoms with Crippen molar-refractivity contribution in [1.82, 2.24) is 4.98 Å². The number of hydrogen-bond acceptors (Lipinski definition) is 2. The van der Waals surface area contributed by atoms with Crippen molar-refractivity contribution in [3.63, 3.8) is 0 Å². The van der Waals surface area contributed by atoms with E-state index in [1.165, 1.54) is 12.1 Å². The van der Waals surface area contributed by atoms with E-state index in [0.717, 1.165) is 6.07 Å². The SMILES string of the molecule is O=C(Cc1cccc(C(F)(F)F)n1)c1ccccc1. The van der Waals surface area contributed by atoms with Crippen molar-refractivity contribution in [3.8, 4) is 0 Å². The lowest BCUT2D eigenvalue weighted by molar-refractivity contribution is -0.141. The van der Waals surface area contributed by atoms with Crippen molar-refractivity contribution < 1.29 is 18.0 Å². The quantitative estimate of drug-likeness (QED) is 0.795. The average Bonchev–Trinajstić information content (AvgIpc) is 2.39. The molecule has 0 saturated heterocycles. The highest BCUT2D eigenvalue weighted by Crippen LogP contribution is 2.27. The summed E-state index contributed by atoms with van der Waals surface area (Å²) < 4.78 is 37.4. The normalized spacial score (nSPS) is 11.3. The molecule has 0 radical (unpaired) electrons. The second-order valence-corrected chi connectivity index (χ2v) is 3.98. The van der Waals surface area contributed by atoms with E-state index in [2.05, 4.69) is 4.98 Å². The average molecular weight is 265 g/mol. The van der Waals surface area contributed by atoms with Gasteiger partial charge < -0.3 is 0 Å². The summed E-state index contributed by atoms with van der Waals surface area (Å²) >= 11 is 0. The van der Waals surface area contributed by atoms with Gasteiger partial charge in [-0.1, -0.05) is 36.4 Å². The Morgan fingerprint density at radius 3 is 2.32 bits per heavy atom. The first-order valence-electron chi connectivity index (χ1n) is 5.58. The number of ketones is 1. The van der Waals surface area contributed by atoms with Crippen molar-refractivity contribution in [1.29, 1.82) is 0 Å². The molecule has 2 rings (SSSR count). The number of pyridine rings is 1. The summed E-state index contributed by atoms with van der Waals surface area (Å²) in [5.74, 6) is -0.257. The van der Waals surface area contributed by atoms with Gasteiger partial charge in [-0.2, -0.15) is 13.2 Å². The van der Waals surface area contributed by atoms with Gasteiger partial charge in [0.2, 0.25) is 0 Å². The molecule has 2 aromatic rings. The number of rotatable bonds is 3. The minimum Gasteiger partial charge on any atom is -0.294 e. The van der Waals surface area contributed by atoms with Crippen LogP contribution in [0.2, 0.25) is 0 Å². The number of carbonyl (C=O) groups is 1. The molecule has 5 heteroatoms. The molecule has 0 saturated carbocycles. The minimum absolute atomic E-state index is 0.115. The van der Waals surface area contributed by atoms with Gasteiger partial charge in [0.05, 0.1) is 6.42 Å². The van der Waals surface area contributed by atoms with Crippen LogP contribution in [-0.2, 0) is 12.6 Å². The van der Waals surface area contributed by atoms with Crippen LogP contribution in [0.25, 0.3) is 0 Å². The maximum atomic E-state index is 12.5. The van der Waals surface area contributed by atoms with Crippen molar-refractivity contribution >= 4 is 5.78 Å². The van der Waals surface area contributed by atoms with Crippen LogP contribution in [0.3, 0.4) is 0 Å². The molecule has 0 fully saturated rings. The third-order valence-electron chi connectivity index (χ3n) is 2.53. The van der Waals surface area contributed by atoms with Gasteiger partial charge in [-0.15, -0.1) is 0 Å². The van der Waals surface area contributed by atoms with Crippen LogP contribution in [-0.4, -0.2) is 10.8 Å². The Morgan fingerprint density at radius 2 is 1.68 bits per heavy atom. The van der Waals surface area contributed by atoms with Gasteiger partial charge in [0.25, 0.3) is 0 Å². The van der Waals surface area contributed by atoms with Crippen LogP contribution < -0.4 is 0 Å². The molecule has 98 valence electrons. The Bertz CT molecular complexity index is 579. The maximum absolute atomic E-state index is 12.5. The molecular formula is C14H10F3NO. The van der Waals surface area contributed by atoms with Gasteiger partial charge in [-0.05, 0) is 12.1 Å². The highest BCUT2D eigenvalue weighted by atomic mass is 19.4. The highest BCUT2D eigenvalue weighted by Gasteiger charge is 2.32. The number of carbonyl (C=O) groups excluding carboxylic acids is 1. The first kappa shape index (κ1) is 13.3. The second-order valence-electron chi connectivity index (χ2n) is 3.98. The fraction of sp³-hybridized carbons (Fsp3) is 0.143. The molecule has 0 spiro atoms. The third-order valence-corrected chi connectivity index (χ3v) is 2.53. The van der Waals surface area contributed by atoms with Gasteiger partial charge in [0, 0.05) is 11.3 Å². The van der Waals surface area contributed by atoms with Crippen LogP contribution in [0.15, 0.2) is 48.5 Å². The molecule has 0 amide bonds. The van der Waals surface area contributed by atoms with Crippen molar-refractivity contribution in [2.75, 3.05) is 0 Å². The molecule has 0 atom stereocenters. The summed E-state index contributed by atoms with van der Waals surface area (Å²) in [5, 5.41) is 0. The van der Waals surface area contributed by atoms with Crippen molar-refractivity contribution in [2.45, 2.75) is 12.6 Å². The lowest BCUT2D eigenvalue weighted by Gasteiger charge is -2.07. The van der Waals surface area contributed by atoms with E-state index < -0.39 is 11.9 Å². The molecule has 19 heavy (non-hydrogen) atoms. The van der Waals surface area contributed by atoms with E-state index in [1.54, 1.807) is 30.3 Å². The molecule has 1 heterocycles. The zero-order valence-corrected chi connectivity index (χ0v) is 9.82. The first-order chi connectivity index (χ1) is 8.97. The molecule has 0 aliphatic heterocycles. The molecule has 0 aliphatic rings. The number of benzene rings is 1. The first-order valence-corrected chi connectivity index (χ1v) is 5.58. The molecule has 0 aliphatic carbocycles. The number of aromatic nitrogens is 1. The lowest BCUT2D eigenvalue weighted by atomic mass is 10.1. The zero-order valence-electron chi connectivity index (χ0n) is 9.82. The molecule has 1 aromatic carbocycles. The number of Topliss-reactive ketones (excluding diaryl/α,β-unsaturated/α-hetero) is 1. The standard InChI is InChI=1S/C14H10F3NO/c15-14(16,17)13-8-4-7-11(18-13)9-12(19)10-5-2-1-3-6-10/h1-8H,9H2. The van der Waals surface area contributed by atoms with Crippen LogP contribution in [0.4, 0.5) is 13.2 Å². The summed E-state index contributed by atoms with van der Waals surface area (Å²) in [7, 11) is 0. The van der Waals surface area contributed by atoms with Crippen molar-refractivity contribution in [3.05, 3.63) is 65.5 Å². The minimum atomic E-state index is -4.49. The highest BCUT2D eigenvalue weighted by molar-refractivity contribution is 5.97. The van der Waals surface area contributed by atoms with Crippen LogP contribution in [0.1, 0.15) is 21.7 Å². The fourth-order valence-electron chi connectivity index (χ4n) is 1.63. The topological polar surface area (TPSA) is 30.0 Å². The van der Waals surface area contributed by atoms with E-state index >= 15 is 0 Å². The Morgan fingerprint density at radius 1 is 1.00 bits per heavy atom. The number of hydrogen-bond donors (Lipinski definition) is 0. The molecule has 2 nitrogen and oxygen atoms in total. The van der Waals surface area contributed by atoms with Gasteiger partial charge in [0.1, 0.15) is 5.69 Å². The van der Waals surface area contributed by atoms with Crippen LogP contribution in [0, 0.1) is 0 Å². The molecular weight excluding hydrogens is 255 g/mol. The summed E-state index contributed by atoms with van der Waals surface area (Å²) in [4.78, 5) is 15.3. The van der Waals surface area contributed by atoms with Gasteiger partial charge in [0.15, 0.2) is 5.78 Å². The largest absolute Gasteiger partial charge is 0.433 e. The van der Waals surface area contributed by atoms with Gasteiger partial charge in [-0.25, -0.2) is 4.98 Å². The van der Waals surface area contributed by atoms with Gasteiger partial charge in [-0.3, -0.25) is 4.79 Å². The predicted molar refractivity (Wildman–Crippen MR) is 63.7 cm³/mol. The molecule has 0 N–H and O–H groups in total. The second kappa shape index (κ2) is 5.22. The summed E-state index contributed by atoms with van der Waals surface area (Å²) in [6.07, 6.45) is -4.64. The number of nitrogens with zero attached hydrogens (tertiary/aromatic N) is 1. The lowest BCUT2D eigenvalue weighted by Crippen LogP contribution is -2.11. The number of halogens is 3. The van der Waals surface area contributed by atoms with Crippen LogP contribution >= 0.6 is 0 Å². The Labute approximate surface area is 107 Å². The predicted octanol–water partition coefficient (Wildman–Crippen LogP) is 3.53. The summed E-state index contributed by atoms with van der Waals surface area (Å²) in [6, 6.07) is 12.0. The van der Waals surface area contributed by atoms with Gasteiger partial charge >= 0.3 is 6.18 Å². The number of alkyl halides is 3. The zero-order chi connectivity index (χ0) is 13.9. The van der Waals surface area contributed by atoms with E-state index in [1.807, 2.05) is 0 Å². The molecule has 1 aromatic heterocycles. The van der Waals surface area contributed by atoms with E-state index in [4.69, 9.17) is 0 Å². The maximum Gasteiger partial charge on any atom is 0.433 e. The molecule has 0 bridgehead atoms. The smallest absolute Gasteiger partial charge is 0.294 e. The summed E-state index contributed by atoms with van der Waals surface area (Å²) in [6.45, 7) is 0. The Balaban J connectivity index is 2.18. The monoisotopic (exact) mass is 265 g/mol.